The van der Waals surface area contributed by atoms with Crippen molar-refractivity contribution >= 4 is 37.5 Å². The Morgan fingerprint density at radius 1 is 1.00 bits per heavy atom. The van der Waals surface area contributed by atoms with E-state index in [-0.39, 0.29) is 0 Å². The molecule has 0 spiro atoms. The molecule has 2 nitrogen and oxygen atoms in total. The highest BCUT2D eigenvalue weighted by atomic mass is 79.9. The monoisotopic (exact) mass is 397 g/mol. The fraction of sp³-hybridized carbons (Fsp3) is 0.250. The second kappa shape index (κ2) is 6.64. The third-order valence-electron chi connectivity index (χ3n) is 3.30. The van der Waals surface area contributed by atoms with E-state index < -0.39 is 0 Å². The summed E-state index contributed by atoms with van der Waals surface area (Å²) in [5.41, 5.74) is 4.92. The van der Waals surface area contributed by atoms with Gasteiger partial charge in [-0.3, -0.25) is 0 Å². The minimum Gasteiger partial charge on any atom is -0.495 e. The zero-order valence-electron chi connectivity index (χ0n) is 11.8. The van der Waals surface area contributed by atoms with E-state index in [0.717, 1.165) is 26.9 Å². The molecule has 0 heterocycles. The molecule has 20 heavy (non-hydrogen) atoms. The van der Waals surface area contributed by atoms with E-state index in [1.165, 1.54) is 16.7 Å². The molecule has 106 valence electrons. The van der Waals surface area contributed by atoms with E-state index in [4.69, 9.17) is 4.74 Å². The molecule has 2 aromatic rings. The Morgan fingerprint density at radius 3 is 2.40 bits per heavy atom. The maximum absolute atomic E-state index is 5.32. The van der Waals surface area contributed by atoms with Crippen LogP contribution in [0.2, 0.25) is 0 Å². The van der Waals surface area contributed by atoms with Crippen molar-refractivity contribution in [2.75, 3.05) is 12.4 Å². The van der Waals surface area contributed by atoms with Gasteiger partial charge in [0.25, 0.3) is 0 Å². The summed E-state index contributed by atoms with van der Waals surface area (Å²) in [6, 6.07) is 10.5. The Labute approximate surface area is 136 Å². The number of anilines is 1. The number of halogens is 2. The quantitative estimate of drug-likeness (QED) is 0.739. The molecule has 2 rings (SSSR count). The second-order valence-electron chi connectivity index (χ2n) is 4.74. The molecule has 0 saturated carbocycles. The lowest BCUT2D eigenvalue weighted by Crippen LogP contribution is -2.01. The summed E-state index contributed by atoms with van der Waals surface area (Å²) in [5, 5.41) is 3.43. The first-order valence-corrected chi connectivity index (χ1v) is 7.93. The smallest absolute Gasteiger partial charge is 0.135 e. The third-order valence-corrected chi connectivity index (χ3v) is 4.57. The van der Waals surface area contributed by atoms with Gasteiger partial charge >= 0.3 is 0 Å². The van der Waals surface area contributed by atoms with Crippen LogP contribution in [0.25, 0.3) is 0 Å². The van der Waals surface area contributed by atoms with Crippen LogP contribution in [0, 0.1) is 13.8 Å². The number of rotatable bonds is 4. The van der Waals surface area contributed by atoms with E-state index in [2.05, 4.69) is 69.2 Å². The summed E-state index contributed by atoms with van der Waals surface area (Å²) in [6.07, 6.45) is 0. The third kappa shape index (κ3) is 3.55. The van der Waals surface area contributed by atoms with Crippen LogP contribution in [-0.4, -0.2) is 7.11 Å². The molecule has 0 aliphatic rings. The summed E-state index contributed by atoms with van der Waals surface area (Å²) >= 11 is 7.03. The van der Waals surface area contributed by atoms with Crippen LogP contribution >= 0.6 is 31.9 Å². The largest absolute Gasteiger partial charge is 0.495 e. The number of aryl methyl sites for hydroxylation is 2. The molecule has 0 atom stereocenters. The fourth-order valence-corrected chi connectivity index (χ4v) is 3.23. The van der Waals surface area contributed by atoms with E-state index >= 15 is 0 Å². The highest BCUT2D eigenvalue weighted by molar-refractivity contribution is 9.11. The van der Waals surface area contributed by atoms with Crippen molar-refractivity contribution in [3.63, 3.8) is 0 Å². The van der Waals surface area contributed by atoms with E-state index in [1.54, 1.807) is 7.11 Å². The van der Waals surface area contributed by atoms with Gasteiger partial charge in [-0.05, 0) is 68.5 Å². The Hall–Kier alpha value is -1.000. The Kier molecular flexibility index (Phi) is 5.11. The van der Waals surface area contributed by atoms with Crippen molar-refractivity contribution in [2.45, 2.75) is 20.4 Å². The lowest BCUT2D eigenvalue weighted by molar-refractivity contribution is 0.412. The van der Waals surface area contributed by atoms with Gasteiger partial charge in [-0.2, -0.15) is 0 Å². The molecule has 0 unspecified atom stereocenters. The fourth-order valence-electron chi connectivity index (χ4n) is 1.93. The number of hydrogen-bond acceptors (Lipinski definition) is 2. The van der Waals surface area contributed by atoms with Gasteiger partial charge in [-0.1, -0.05) is 18.2 Å². The molecule has 0 bridgehead atoms. The lowest BCUT2D eigenvalue weighted by Gasteiger charge is -2.12. The lowest BCUT2D eigenvalue weighted by atomic mass is 10.1. The summed E-state index contributed by atoms with van der Waals surface area (Å²) in [6.45, 7) is 5.05. The predicted molar refractivity (Wildman–Crippen MR) is 91.6 cm³/mol. The van der Waals surface area contributed by atoms with Gasteiger partial charge in [0.05, 0.1) is 17.3 Å². The van der Waals surface area contributed by atoms with Crippen LogP contribution in [0.4, 0.5) is 5.69 Å². The standard InChI is InChI=1S/C16H17Br2NO/c1-10-4-5-12(6-11(10)2)9-19-15-8-16(20-3)14(18)7-13(15)17/h4-8,19H,9H2,1-3H3. The van der Waals surface area contributed by atoms with Gasteiger partial charge in [0.2, 0.25) is 0 Å². The molecule has 1 N–H and O–H groups in total. The molecule has 4 heteroatoms. The molecule has 0 aliphatic heterocycles. The molecule has 0 saturated heterocycles. The number of nitrogens with one attached hydrogen (secondary N) is 1. The first-order chi connectivity index (χ1) is 9.51. The van der Waals surface area contributed by atoms with Crippen LogP contribution in [0.5, 0.6) is 5.75 Å². The summed E-state index contributed by atoms with van der Waals surface area (Å²) in [5.74, 6) is 0.816. The van der Waals surface area contributed by atoms with Gasteiger partial charge < -0.3 is 10.1 Å². The SMILES string of the molecule is COc1cc(NCc2ccc(C)c(C)c2)c(Br)cc1Br. The van der Waals surface area contributed by atoms with Gasteiger partial charge in [0.15, 0.2) is 0 Å². The molecular weight excluding hydrogens is 382 g/mol. The highest BCUT2D eigenvalue weighted by Gasteiger charge is 2.07. The van der Waals surface area contributed by atoms with Crippen LogP contribution in [0.1, 0.15) is 16.7 Å². The summed E-state index contributed by atoms with van der Waals surface area (Å²) < 4.78 is 7.26. The van der Waals surface area contributed by atoms with Crippen molar-refractivity contribution in [1.82, 2.24) is 0 Å². The summed E-state index contributed by atoms with van der Waals surface area (Å²) in [4.78, 5) is 0. The Balaban J connectivity index is 2.16. The Bertz CT molecular complexity index is 626. The first kappa shape index (κ1) is 15.4. The van der Waals surface area contributed by atoms with Crippen LogP contribution in [-0.2, 0) is 6.54 Å². The van der Waals surface area contributed by atoms with Crippen LogP contribution in [0.3, 0.4) is 0 Å². The second-order valence-corrected chi connectivity index (χ2v) is 6.45. The molecule has 0 aliphatic carbocycles. The number of methoxy groups -OCH3 is 1. The van der Waals surface area contributed by atoms with Crippen molar-refractivity contribution < 1.29 is 4.74 Å². The molecule has 0 radical (unpaired) electrons. The molecular formula is C16H17Br2NO. The zero-order chi connectivity index (χ0) is 14.7. The van der Waals surface area contributed by atoms with Crippen molar-refractivity contribution in [3.8, 4) is 5.75 Å². The number of hydrogen-bond donors (Lipinski definition) is 1. The van der Waals surface area contributed by atoms with Crippen molar-refractivity contribution in [2.24, 2.45) is 0 Å². The van der Waals surface area contributed by atoms with Crippen molar-refractivity contribution in [1.29, 1.82) is 0 Å². The minimum atomic E-state index is 0.782. The molecule has 0 aromatic heterocycles. The van der Waals surface area contributed by atoms with E-state index in [1.807, 2.05) is 12.1 Å². The van der Waals surface area contributed by atoms with Gasteiger partial charge in [-0.25, -0.2) is 0 Å². The molecule has 2 aromatic carbocycles. The molecule has 0 amide bonds. The number of ether oxygens (including phenoxy) is 1. The zero-order valence-corrected chi connectivity index (χ0v) is 14.9. The Morgan fingerprint density at radius 2 is 1.75 bits per heavy atom. The van der Waals surface area contributed by atoms with Gasteiger partial charge in [0, 0.05) is 17.1 Å². The predicted octanol–water partition coefficient (Wildman–Crippen LogP) is 5.45. The average molecular weight is 399 g/mol. The minimum absolute atomic E-state index is 0.782. The van der Waals surface area contributed by atoms with Gasteiger partial charge in [-0.15, -0.1) is 0 Å². The van der Waals surface area contributed by atoms with E-state index in [0.29, 0.717) is 0 Å². The average Bonchev–Trinajstić information content (AvgIpc) is 2.41. The van der Waals surface area contributed by atoms with Crippen molar-refractivity contribution in [3.05, 3.63) is 56.0 Å². The maximum atomic E-state index is 5.32. The van der Waals surface area contributed by atoms with Crippen LogP contribution in [0.15, 0.2) is 39.3 Å². The highest BCUT2D eigenvalue weighted by Crippen LogP contribution is 2.34. The van der Waals surface area contributed by atoms with Crippen LogP contribution < -0.4 is 10.1 Å². The summed E-state index contributed by atoms with van der Waals surface area (Å²) in [7, 11) is 1.67. The maximum Gasteiger partial charge on any atom is 0.135 e. The topological polar surface area (TPSA) is 21.3 Å². The first-order valence-electron chi connectivity index (χ1n) is 6.34. The number of benzene rings is 2. The van der Waals surface area contributed by atoms with E-state index in [9.17, 15) is 0 Å². The molecule has 0 fully saturated rings. The van der Waals surface area contributed by atoms with Gasteiger partial charge in [0.1, 0.15) is 5.75 Å². The normalized spacial score (nSPS) is 10.4.